The molecule has 0 aromatic carbocycles. The average molecular weight is 473 g/mol. The third-order valence-electron chi connectivity index (χ3n) is 4.62. The molecule has 0 aliphatic carbocycles. The number of imidazole rings is 1. The van der Waals surface area contributed by atoms with E-state index in [1.807, 2.05) is 6.26 Å². The number of carboxylic acid groups (broad SMARTS) is 1. The zero-order valence-corrected chi connectivity index (χ0v) is 19.1. The lowest BCUT2D eigenvalue weighted by molar-refractivity contribution is -0.142. The summed E-state index contributed by atoms with van der Waals surface area (Å²) in [6.07, 6.45) is 4.97. The van der Waals surface area contributed by atoms with E-state index >= 15 is 0 Å². The Morgan fingerprint density at radius 3 is 2.28 bits per heavy atom. The highest BCUT2D eigenvalue weighted by Crippen LogP contribution is 2.08. The summed E-state index contributed by atoms with van der Waals surface area (Å²) in [5.74, 6) is -3.00. The number of aliphatic hydroxyl groups is 1. The van der Waals surface area contributed by atoms with E-state index in [9.17, 15) is 24.3 Å². The number of nitrogens with zero attached hydrogens (tertiary/aromatic N) is 1. The van der Waals surface area contributed by atoms with Crippen LogP contribution in [0.15, 0.2) is 12.5 Å². The molecule has 12 nitrogen and oxygen atoms in total. The van der Waals surface area contributed by atoms with Gasteiger partial charge in [-0.25, -0.2) is 9.78 Å². The molecular weight excluding hydrogens is 440 g/mol. The number of aromatic amines is 1. The van der Waals surface area contributed by atoms with Crippen LogP contribution in [-0.2, 0) is 25.6 Å². The van der Waals surface area contributed by atoms with Crippen molar-refractivity contribution in [3.05, 3.63) is 18.2 Å². The Kier molecular flexibility index (Phi) is 11.7. The van der Waals surface area contributed by atoms with Crippen molar-refractivity contribution in [2.75, 3.05) is 18.6 Å². The van der Waals surface area contributed by atoms with Crippen LogP contribution in [0, 0.1) is 5.92 Å². The predicted molar refractivity (Wildman–Crippen MR) is 119 cm³/mol. The zero-order chi connectivity index (χ0) is 24.3. The van der Waals surface area contributed by atoms with Crippen LogP contribution >= 0.6 is 11.8 Å². The van der Waals surface area contributed by atoms with Gasteiger partial charge in [0.25, 0.3) is 0 Å². The maximum atomic E-state index is 12.8. The summed E-state index contributed by atoms with van der Waals surface area (Å²) < 4.78 is 0. The van der Waals surface area contributed by atoms with Crippen LogP contribution in [0.2, 0.25) is 0 Å². The minimum Gasteiger partial charge on any atom is -0.480 e. The van der Waals surface area contributed by atoms with E-state index < -0.39 is 54.5 Å². The highest BCUT2D eigenvalue weighted by molar-refractivity contribution is 7.98. The highest BCUT2D eigenvalue weighted by Gasteiger charge is 2.31. The van der Waals surface area contributed by atoms with Gasteiger partial charge >= 0.3 is 5.97 Å². The molecule has 0 saturated carbocycles. The molecule has 0 aliphatic heterocycles. The molecule has 0 fully saturated rings. The van der Waals surface area contributed by atoms with Crippen molar-refractivity contribution >= 4 is 35.5 Å². The van der Waals surface area contributed by atoms with E-state index in [0.29, 0.717) is 11.4 Å². The molecular formula is C19H32N6O6S. The quantitative estimate of drug-likeness (QED) is 0.163. The van der Waals surface area contributed by atoms with Gasteiger partial charge in [0.2, 0.25) is 17.7 Å². The van der Waals surface area contributed by atoms with Crippen LogP contribution in [0.1, 0.15) is 26.0 Å². The molecule has 8 N–H and O–H groups in total. The summed E-state index contributed by atoms with van der Waals surface area (Å²) in [4.78, 5) is 55.9. The van der Waals surface area contributed by atoms with Gasteiger partial charge in [-0.2, -0.15) is 11.8 Å². The van der Waals surface area contributed by atoms with Crippen LogP contribution in [0.4, 0.5) is 0 Å². The first-order valence-corrected chi connectivity index (χ1v) is 11.5. The predicted octanol–water partition coefficient (Wildman–Crippen LogP) is -1.78. The number of aliphatic hydroxyl groups excluding tert-OH is 1. The fourth-order valence-corrected chi connectivity index (χ4v) is 3.20. The van der Waals surface area contributed by atoms with Gasteiger partial charge in [-0.1, -0.05) is 13.8 Å². The van der Waals surface area contributed by atoms with Gasteiger partial charge < -0.3 is 36.9 Å². The van der Waals surface area contributed by atoms with E-state index in [4.69, 9.17) is 10.8 Å². The number of aliphatic carboxylic acids is 1. The number of aromatic nitrogens is 2. The van der Waals surface area contributed by atoms with Crippen LogP contribution in [0.5, 0.6) is 0 Å². The van der Waals surface area contributed by atoms with Gasteiger partial charge in [0, 0.05) is 18.3 Å². The minimum absolute atomic E-state index is 0.00864. The number of carbonyl (C=O) groups is 4. The number of carbonyl (C=O) groups excluding carboxylic acids is 3. The van der Waals surface area contributed by atoms with E-state index in [0.717, 1.165) is 0 Å². The molecule has 0 aliphatic rings. The number of carboxylic acids is 1. The molecule has 1 aromatic rings. The molecule has 1 rings (SSSR count). The molecule has 0 radical (unpaired) electrons. The molecule has 0 saturated heterocycles. The fourth-order valence-electron chi connectivity index (χ4n) is 2.73. The van der Waals surface area contributed by atoms with E-state index in [1.54, 1.807) is 13.8 Å². The normalized spacial score (nSPS) is 14.8. The number of hydrogen-bond donors (Lipinski definition) is 7. The zero-order valence-electron chi connectivity index (χ0n) is 18.3. The molecule has 4 unspecified atom stereocenters. The van der Waals surface area contributed by atoms with Crippen molar-refractivity contribution in [1.29, 1.82) is 0 Å². The maximum absolute atomic E-state index is 12.8. The Hall–Kier alpha value is -2.64. The molecule has 1 heterocycles. The highest BCUT2D eigenvalue weighted by atomic mass is 32.2. The van der Waals surface area contributed by atoms with Crippen LogP contribution in [-0.4, -0.2) is 86.7 Å². The Morgan fingerprint density at radius 1 is 1.12 bits per heavy atom. The Balaban J connectivity index is 2.90. The average Bonchev–Trinajstić information content (AvgIpc) is 3.26. The Morgan fingerprint density at radius 2 is 1.78 bits per heavy atom. The second-order valence-corrected chi connectivity index (χ2v) is 8.53. The third kappa shape index (κ3) is 8.85. The number of nitrogens with one attached hydrogen (secondary N) is 4. The number of hydrogen-bond acceptors (Lipinski definition) is 8. The van der Waals surface area contributed by atoms with E-state index in [2.05, 4.69) is 25.9 Å². The number of thioether (sulfide) groups is 1. The Labute approximate surface area is 190 Å². The van der Waals surface area contributed by atoms with Gasteiger partial charge in [0.1, 0.15) is 24.2 Å². The van der Waals surface area contributed by atoms with Crippen molar-refractivity contribution in [3.8, 4) is 0 Å². The number of H-pyrrole nitrogens is 1. The summed E-state index contributed by atoms with van der Waals surface area (Å²) in [5.41, 5.74) is 6.03. The van der Waals surface area contributed by atoms with Crippen molar-refractivity contribution in [3.63, 3.8) is 0 Å². The number of nitrogens with two attached hydrogens (primary N) is 1. The van der Waals surface area contributed by atoms with E-state index in [-0.39, 0.29) is 18.8 Å². The van der Waals surface area contributed by atoms with Gasteiger partial charge in [0.15, 0.2) is 0 Å². The smallest absolute Gasteiger partial charge is 0.326 e. The summed E-state index contributed by atoms with van der Waals surface area (Å²) >= 11 is 1.47. The number of rotatable bonds is 14. The molecule has 1 aromatic heterocycles. The summed E-state index contributed by atoms with van der Waals surface area (Å²) in [7, 11) is 0. The summed E-state index contributed by atoms with van der Waals surface area (Å²) in [5, 5.41) is 26.0. The number of amides is 3. The van der Waals surface area contributed by atoms with Crippen molar-refractivity contribution in [2.45, 2.75) is 50.9 Å². The van der Waals surface area contributed by atoms with Gasteiger partial charge in [0.05, 0.1) is 12.9 Å². The van der Waals surface area contributed by atoms with Crippen LogP contribution in [0.3, 0.4) is 0 Å². The first-order valence-electron chi connectivity index (χ1n) is 10.1. The lowest BCUT2D eigenvalue weighted by atomic mass is 10.0. The monoisotopic (exact) mass is 472 g/mol. The molecule has 0 bridgehead atoms. The standard InChI is InChI=1S/C19H32N6O6S/c1-10(2)15(18(29)24-14(19(30)31)6-11-7-21-9-22-11)25-17(28)13(4-5-32-3)23-16(27)12(20)8-26/h7,9-10,12-15,26H,4-6,8,20H2,1-3H3,(H,21,22)(H,23,27)(H,24,29)(H,25,28)(H,30,31). The second kappa shape index (κ2) is 13.7. The van der Waals surface area contributed by atoms with E-state index in [1.165, 1.54) is 24.3 Å². The van der Waals surface area contributed by atoms with Gasteiger partial charge in [-0.3, -0.25) is 14.4 Å². The lowest BCUT2D eigenvalue weighted by Gasteiger charge is -2.27. The second-order valence-electron chi connectivity index (χ2n) is 7.54. The van der Waals surface area contributed by atoms with Crippen LogP contribution < -0.4 is 21.7 Å². The maximum Gasteiger partial charge on any atom is 0.326 e. The first kappa shape index (κ1) is 27.4. The summed E-state index contributed by atoms with van der Waals surface area (Å²) in [6, 6.07) is -4.41. The van der Waals surface area contributed by atoms with Gasteiger partial charge in [-0.15, -0.1) is 0 Å². The van der Waals surface area contributed by atoms with Gasteiger partial charge in [-0.05, 0) is 24.3 Å². The molecule has 180 valence electrons. The summed E-state index contributed by atoms with van der Waals surface area (Å²) in [6.45, 7) is 2.82. The first-order chi connectivity index (χ1) is 15.1. The molecule has 4 atom stereocenters. The topological polar surface area (TPSA) is 200 Å². The molecule has 0 spiro atoms. The lowest BCUT2D eigenvalue weighted by Crippen LogP contribution is -2.59. The van der Waals surface area contributed by atoms with Crippen molar-refractivity contribution < 1.29 is 29.4 Å². The van der Waals surface area contributed by atoms with Crippen molar-refractivity contribution in [2.24, 2.45) is 11.7 Å². The SMILES string of the molecule is CSCCC(NC(=O)C(N)CO)C(=O)NC(C(=O)NC(Cc1cnc[nH]1)C(=O)O)C(C)C. The minimum atomic E-state index is -1.23. The Bertz CT molecular complexity index is 759. The molecule has 3 amide bonds. The third-order valence-corrected chi connectivity index (χ3v) is 5.26. The molecule has 13 heteroatoms. The fraction of sp³-hybridized carbons (Fsp3) is 0.632. The van der Waals surface area contributed by atoms with Crippen molar-refractivity contribution in [1.82, 2.24) is 25.9 Å². The van der Waals surface area contributed by atoms with Crippen LogP contribution in [0.25, 0.3) is 0 Å². The largest absolute Gasteiger partial charge is 0.480 e. The molecule has 32 heavy (non-hydrogen) atoms.